The molecule has 3 amide bonds. The molecule has 162 valence electrons. The smallest absolute Gasteiger partial charge is 0.321 e. The van der Waals surface area contributed by atoms with Crippen LogP contribution in [0.1, 0.15) is 39.5 Å². The maximum Gasteiger partial charge on any atom is 0.321 e. The highest BCUT2D eigenvalue weighted by Gasteiger charge is 2.20. The van der Waals surface area contributed by atoms with E-state index in [-0.39, 0.29) is 17.7 Å². The number of urea groups is 1. The molecule has 1 heterocycles. The van der Waals surface area contributed by atoms with Gasteiger partial charge in [-0.3, -0.25) is 10.1 Å². The van der Waals surface area contributed by atoms with Crippen molar-refractivity contribution in [2.45, 2.75) is 57.3 Å². The third kappa shape index (κ3) is 5.98. The average Bonchev–Trinajstić information content (AvgIpc) is 3.36. The lowest BCUT2D eigenvalue weighted by Gasteiger charge is -2.13. The second-order valence-electron chi connectivity index (χ2n) is 7.83. The van der Waals surface area contributed by atoms with Crippen LogP contribution >= 0.6 is 11.8 Å². The minimum Gasteiger partial charge on any atom is -0.497 e. The Balaban J connectivity index is 1.63. The number of ether oxygens (including phenoxy) is 1. The van der Waals surface area contributed by atoms with Gasteiger partial charge in [-0.25, -0.2) is 4.79 Å². The zero-order chi connectivity index (χ0) is 21.5. The molecule has 3 rings (SSSR count). The summed E-state index contributed by atoms with van der Waals surface area (Å²) < 4.78 is 7.24. The Labute approximate surface area is 181 Å². The number of thioether (sulfide) groups is 1. The summed E-state index contributed by atoms with van der Waals surface area (Å²) in [6.45, 7) is 4.96. The Morgan fingerprint density at radius 2 is 1.90 bits per heavy atom. The van der Waals surface area contributed by atoms with Gasteiger partial charge in [-0.2, -0.15) is 0 Å². The van der Waals surface area contributed by atoms with E-state index in [9.17, 15) is 9.59 Å². The van der Waals surface area contributed by atoms with Gasteiger partial charge < -0.3 is 14.6 Å². The van der Waals surface area contributed by atoms with E-state index in [4.69, 9.17) is 4.74 Å². The second-order valence-corrected chi connectivity index (χ2v) is 8.77. The maximum absolute atomic E-state index is 12.2. The number of nitrogens with zero attached hydrogens (tertiary/aromatic N) is 3. The summed E-state index contributed by atoms with van der Waals surface area (Å²) in [4.78, 5) is 24.2. The van der Waals surface area contributed by atoms with Gasteiger partial charge in [0, 0.05) is 18.2 Å². The highest BCUT2D eigenvalue weighted by Crippen LogP contribution is 2.26. The molecule has 0 saturated heterocycles. The van der Waals surface area contributed by atoms with Crippen LogP contribution in [-0.4, -0.2) is 45.6 Å². The van der Waals surface area contributed by atoms with E-state index in [2.05, 4.69) is 34.7 Å². The van der Waals surface area contributed by atoms with Gasteiger partial charge in [0.2, 0.25) is 5.91 Å². The van der Waals surface area contributed by atoms with Crippen molar-refractivity contribution in [2.24, 2.45) is 5.92 Å². The monoisotopic (exact) mass is 431 g/mol. The fourth-order valence-electron chi connectivity index (χ4n) is 3.46. The van der Waals surface area contributed by atoms with Gasteiger partial charge in [0.05, 0.1) is 12.9 Å². The Hall–Kier alpha value is -2.55. The third-order valence-electron chi connectivity index (χ3n) is 4.89. The van der Waals surface area contributed by atoms with Gasteiger partial charge in [0.15, 0.2) is 11.0 Å². The molecular formula is C21H29N5O3S. The lowest BCUT2D eigenvalue weighted by molar-refractivity contribution is -0.117. The topological polar surface area (TPSA) is 98.1 Å². The van der Waals surface area contributed by atoms with E-state index in [1.165, 1.54) is 11.8 Å². The molecule has 1 aliphatic carbocycles. The molecule has 1 saturated carbocycles. The van der Waals surface area contributed by atoms with E-state index < -0.39 is 6.03 Å². The minimum atomic E-state index is -0.421. The third-order valence-corrected chi connectivity index (χ3v) is 5.86. The number of nitrogens with one attached hydrogen (secondary N) is 2. The molecule has 0 bridgehead atoms. The van der Waals surface area contributed by atoms with Crippen molar-refractivity contribution in [1.82, 2.24) is 25.4 Å². The van der Waals surface area contributed by atoms with Crippen LogP contribution in [0.5, 0.6) is 5.75 Å². The van der Waals surface area contributed by atoms with Crippen LogP contribution in [-0.2, 0) is 11.3 Å². The molecule has 8 nitrogen and oxygen atoms in total. The summed E-state index contributed by atoms with van der Waals surface area (Å²) >= 11 is 1.28. The van der Waals surface area contributed by atoms with Crippen LogP contribution in [0, 0.1) is 5.92 Å². The normalized spacial score (nSPS) is 14.1. The highest BCUT2D eigenvalue weighted by atomic mass is 32.2. The van der Waals surface area contributed by atoms with Crippen LogP contribution in [0.2, 0.25) is 0 Å². The van der Waals surface area contributed by atoms with Crippen molar-refractivity contribution in [1.29, 1.82) is 0 Å². The van der Waals surface area contributed by atoms with E-state index in [1.54, 1.807) is 7.11 Å². The van der Waals surface area contributed by atoms with Crippen LogP contribution in [0.4, 0.5) is 4.79 Å². The quantitative estimate of drug-likeness (QED) is 0.621. The minimum absolute atomic E-state index is 0.0942. The van der Waals surface area contributed by atoms with Crippen molar-refractivity contribution in [3.63, 3.8) is 0 Å². The maximum atomic E-state index is 12.2. The number of aromatic nitrogens is 3. The number of imide groups is 1. The van der Waals surface area contributed by atoms with Gasteiger partial charge in [-0.15, -0.1) is 10.2 Å². The number of amides is 3. The Morgan fingerprint density at radius 3 is 2.53 bits per heavy atom. The molecule has 9 heteroatoms. The Morgan fingerprint density at radius 1 is 1.20 bits per heavy atom. The van der Waals surface area contributed by atoms with Crippen LogP contribution < -0.4 is 15.4 Å². The first-order valence-electron chi connectivity index (χ1n) is 10.3. The fourth-order valence-corrected chi connectivity index (χ4v) is 4.21. The first-order valence-corrected chi connectivity index (χ1v) is 11.3. The predicted molar refractivity (Wildman–Crippen MR) is 117 cm³/mol. The van der Waals surface area contributed by atoms with Crippen molar-refractivity contribution >= 4 is 23.7 Å². The summed E-state index contributed by atoms with van der Waals surface area (Å²) in [5.74, 6) is 1.64. The summed E-state index contributed by atoms with van der Waals surface area (Å²) in [7, 11) is 1.63. The van der Waals surface area contributed by atoms with Crippen molar-refractivity contribution < 1.29 is 14.3 Å². The number of carbonyl (C=O) groups excluding carboxylic acids is 2. The summed E-state index contributed by atoms with van der Waals surface area (Å²) in [5, 5.41) is 14.5. The Kier molecular flexibility index (Phi) is 7.73. The average molecular weight is 432 g/mol. The highest BCUT2D eigenvalue weighted by molar-refractivity contribution is 7.99. The van der Waals surface area contributed by atoms with E-state index >= 15 is 0 Å². The van der Waals surface area contributed by atoms with E-state index in [1.807, 2.05) is 28.8 Å². The molecule has 0 aliphatic heterocycles. The number of hydrogen-bond donors (Lipinski definition) is 2. The molecule has 1 aliphatic rings. The molecule has 0 radical (unpaired) electrons. The number of benzene rings is 1. The van der Waals surface area contributed by atoms with Crippen LogP contribution in [0.3, 0.4) is 0 Å². The molecule has 1 fully saturated rings. The summed E-state index contributed by atoms with van der Waals surface area (Å²) in [5.41, 5.74) is 0.927. The molecular weight excluding hydrogens is 402 g/mol. The van der Waals surface area contributed by atoms with Gasteiger partial charge >= 0.3 is 6.03 Å². The zero-order valence-corrected chi connectivity index (χ0v) is 18.5. The fraction of sp³-hybridized carbons (Fsp3) is 0.524. The summed E-state index contributed by atoms with van der Waals surface area (Å²) in [6, 6.07) is 7.39. The number of methoxy groups -OCH3 is 1. The van der Waals surface area contributed by atoms with Crippen LogP contribution in [0.25, 0.3) is 11.4 Å². The number of carbonyl (C=O) groups is 2. The van der Waals surface area contributed by atoms with Gasteiger partial charge in [-0.05, 0) is 43.0 Å². The standard InChI is InChI=1S/C21H29N5O3S/c1-14(2)12-26-19(15-8-10-17(29-3)11-9-15)24-25-21(26)30-13-18(27)23-20(28)22-16-6-4-5-7-16/h8-11,14,16H,4-7,12-13H2,1-3H3,(H2,22,23,27,28). The van der Waals surface area contributed by atoms with Gasteiger partial charge in [-0.1, -0.05) is 38.5 Å². The number of rotatable bonds is 8. The van der Waals surface area contributed by atoms with E-state index in [0.29, 0.717) is 11.1 Å². The molecule has 30 heavy (non-hydrogen) atoms. The molecule has 0 unspecified atom stereocenters. The van der Waals surface area contributed by atoms with Gasteiger partial charge in [0.1, 0.15) is 5.75 Å². The SMILES string of the molecule is COc1ccc(-c2nnc(SCC(=O)NC(=O)NC3CCCC3)n2CC(C)C)cc1. The molecule has 0 spiro atoms. The second kappa shape index (κ2) is 10.5. The largest absolute Gasteiger partial charge is 0.497 e. The van der Waals surface area contributed by atoms with Gasteiger partial charge in [0.25, 0.3) is 0 Å². The molecule has 1 aromatic heterocycles. The van der Waals surface area contributed by atoms with Crippen LogP contribution in [0.15, 0.2) is 29.4 Å². The molecule has 0 atom stereocenters. The zero-order valence-electron chi connectivity index (χ0n) is 17.7. The lowest BCUT2D eigenvalue weighted by atomic mass is 10.2. The summed E-state index contributed by atoms with van der Waals surface area (Å²) in [6.07, 6.45) is 4.19. The molecule has 2 N–H and O–H groups in total. The predicted octanol–water partition coefficient (Wildman–Crippen LogP) is 3.47. The van der Waals surface area contributed by atoms with E-state index in [0.717, 1.165) is 49.4 Å². The first kappa shape index (κ1) is 22.1. The Bertz CT molecular complexity index is 860. The van der Waals surface area contributed by atoms with Crippen molar-refractivity contribution in [3.8, 4) is 17.1 Å². The lowest BCUT2D eigenvalue weighted by Crippen LogP contribution is -2.44. The van der Waals surface area contributed by atoms with Crippen molar-refractivity contribution in [3.05, 3.63) is 24.3 Å². The molecule has 2 aromatic rings. The first-order chi connectivity index (χ1) is 14.5. The molecule has 1 aromatic carbocycles. The number of hydrogen-bond acceptors (Lipinski definition) is 6. The van der Waals surface area contributed by atoms with Crippen molar-refractivity contribution in [2.75, 3.05) is 12.9 Å².